The number of carbonyl (C=O) groups excluding carboxylic acids is 1. The second-order valence-corrected chi connectivity index (χ2v) is 3.46. The van der Waals surface area contributed by atoms with E-state index in [4.69, 9.17) is 5.73 Å². The lowest BCUT2D eigenvalue weighted by Gasteiger charge is -2.13. The number of hydrogen-bond donors (Lipinski definition) is 3. The molecule has 0 radical (unpaired) electrons. The third kappa shape index (κ3) is 3.69. The van der Waals surface area contributed by atoms with Crippen LogP contribution in [0, 0.1) is 0 Å². The van der Waals surface area contributed by atoms with E-state index in [2.05, 4.69) is 5.32 Å². The van der Waals surface area contributed by atoms with Gasteiger partial charge in [-0.15, -0.1) is 0 Å². The smallest absolute Gasteiger partial charge is 0.236 e. The Bertz CT molecular complexity index is 312. The molecule has 0 heterocycles. The van der Waals surface area contributed by atoms with Crippen LogP contribution in [0.1, 0.15) is 18.6 Å². The van der Waals surface area contributed by atoms with Gasteiger partial charge in [-0.3, -0.25) is 4.79 Å². The van der Waals surface area contributed by atoms with E-state index >= 15 is 0 Å². The SMILES string of the molecule is C[C@H](N)C(=O)NCC(O)c1ccccc1. The fourth-order valence-electron chi connectivity index (χ4n) is 1.15. The molecular weight excluding hydrogens is 192 g/mol. The van der Waals surface area contributed by atoms with E-state index in [1.165, 1.54) is 0 Å². The van der Waals surface area contributed by atoms with Crippen LogP contribution < -0.4 is 11.1 Å². The Morgan fingerprint density at radius 2 is 2.07 bits per heavy atom. The standard InChI is InChI=1S/C11H16N2O2/c1-8(12)11(15)13-7-10(14)9-5-3-2-4-6-9/h2-6,8,10,14H,7,12H2,1H3,(H,13,15)/t8-,10?/m0/s1. The highest BCUT2D eigenvalue weighted by Gasteiger charge is 2.10. The van der Waals surface area contributed by atoms with Gasteiger partial charge >= 0.3 is 0 Å². The third-order valence-electron chi connectivity index (χ3n) is 2.07. The summed E-state index contributed by atoms with van der Waals surface area (Å²) in [5.41, 5.74) is 6.15. The molecule has 15 heavy (non-hydrogen) atoms. The zero-order chi connectivity index (χ0) is 11.3. The van der Waals surface area contributed by atoms with Crippen LogP contribution in [0.3, 0.4) is 0 Å². The number of nitrogens with one attached hydrogen (secondary N) is 1. The van der Waals surface area contributed by atoms with Crippen molar-refractivity contribution in [3.8, 4) is 0 Å². The fourth-order valence-corrected chi connectivity index (χ4v) is 1.15. The first kappa shape index (κ1) is 11.7. The average molecular weight is 208 g/mol. The second-order valence-electron chi connectivity index (χ2n) is 3.46. The van der Waals surface area contributed by atoms with E-state index in [1.54, 1.807) is 6.92 Å². The lowest BCUT2D eigenvalue weighted by molar-refractivity contribution is -0.122. The monoisotopic (exact) mass is 208 g/mol. The van der Waals surface area contributed by atoms with Crippen molar-refractivity contribution in [1.82, 2.24) is 5.32 Å². The van der Waals surface area contributed by atoms with E-state index < -0.39 is 12.1 Å². The van der Waals surface area contributed by atoms with Crippen LogP contribution in [0.25, 0.3) is 0 Å². The Morgan fingerprint density at radius 3 is 2.60 bits per heavy atom. The van der Waals surface area contributed by atoms with Crippen molar-refractivity contribution < 1.29 is 9.90 Å². The lowest BCUT2D eigenvalue weighted by Crippen LogP contribution is -2.40. The molecule has 0 fully saturated rings. The minimum Gasteiger partial charge on any atom is -0.387 e. The van der Waals surface area contributed by atoms with Crippen molar-refractivity contribution >= 4 is 5.91 Å². The number of benzene rings is 1. The Hall–Kier alpha value is -1.39. The number of carbonyl (C=O) groups is 1. The van der Waals surface area contributed by atoms with Crippen molar-refractivity contribution in [1.29, 1.82) is 0 Å². The summed E-state index contributed by atoms with van der Waals surface area (Å²) >= 11 is 0. The largest absolute Gasteiger partial charge is 0.387 e. The Kier molecular flexibility index (Phi) is 4.27. The fraction of sp³-hybridized carbons (Fsp3) is 0.364. The molecule has 0 aliphatic heterocycles. The number of aliphatic hydroxyl groups excluding tert-OH is 1. The molecule has 82 valence electrons. The normalized spacial score (nSPS) is 14.3. The summed E-state index contributed by atoms with van der Waals surface area (Å²) in [5.74, 6) is -0.259. The Morgan fingerprint density at radius 1 is 1.47 bits per heavy atom. The summed E-state index contributed by atoms with van der Waals surface area (Å²) < 4.78 is 0. The maximum atomic E-state index is 11.1. The molecule has 0 saturated heterocycles. The van der Waals surface area contributed by atoms with Crippen molar-refractivity contribution in [3.63, 3.8) is 0 Å². The first-order valence-corrected chi connectivity index (χ1v) is 4.87. The molecule has 0 aromatic heterocycles. The van der Waals surface area contributed by atoms with Gasteiger partial charge in [0.15, 0.2) is 0 Å². The summed E-state index contributed by atoms with van der Waals surface area (Å²) in [6.45, 7) is 1.79. The molecule has 0 aliphatic carbocycles. The number of nitrogens with two attached hydrogens (primary N) is 1. The average Bonchev–Trinajstić information content (AvgIpc) is 2.26. The topological polar surface area (TPSA) is 75.4 Å². The molecule has 1 amide bonds. The zero-order valence-electron chi connectivity index (χ0n) is 8.68. The van der Waals surface area contributed by atoms with E-state index in [1.807, 2.05) is 30.3 Å². The van der Waals surface area contributed by atoms with Crippen LogP contribution in [-0.2, 0) is 4.79 Å². The molecule has 1 aromatic rings. The first-order valence-electron chi connectivity index (χ1n) is 4.87. The van der Waals surface area contributed by atoms with Gasteiger partial charge in [-0.2, -0.15) is 0 Å². The first-order chi connectivity index (χ1) is 7.11. The molecule has 0 aliphatic rings. The van der Waals surface area contributed by atoms with Crippen molar-refractivity contribution in [2.45, 2.75) is 19.1 Å². The molecule has 1 aromatic carbocycles. The highest BCUT2D eigenvalue weighted by Crippen LogP contribution is 2.10. The maximum absolute atomic E-state index is 11.1. The number of hydrogen-bond acceptors (Lipinski definition) is 3. The van der Waals surface area contributed by atoms with Gasteiger partial charge in [-0.25, -0.2) is 0 Å². The third-order valence-corrected chi connectivity index (χ3v) is 2.07. The van der Waals surface area contributed by atoms with Crippen molar-refractivity contribution in [2.75, 3.05) is 6.54 Å². The van der Waals surface area contributed by atoms with Gasteiger partial charge < -0.3 is 16.2 Å². The van der Waals surface area contributed by atoms with Crippen LogP contribution in [0.15, 0.2) is 30.3 Å². The summed E-state index contributed by atoms with van der Waals surface area (Å²) in [6, 6.07) is 8.62. The summed E-state index contributed by atoms with van der Waals surface area (Å²) in [5, 5.41) is 12.3. The quantitative estimate of drug-likeness (QED) is 0.661. The molecular formula is C11H16N2O2. The predicted octanol–water partition coefficient (Wildman–Crippen LogP) is 0.183. The van der Waals surface area contributed by atoms with Crippen LogP contribution >= 0.6 is 0 Å². The van der Waals surface area contributed by atoms with Gasteiger partial charge in [0.25, 0.3) is 0 Å². The summed E-state index contributed by atoms with van der Waals surface area (Å²) in [4.78, 5) is 11.1. The molecule has 2 atom stereocenters. The second kappa shape index (κ2) is 5.48. The van der Waals surface area contributed by atoms with Crippen LogP contribution in [0.5, 0.6) is 0 Å². The number of amides is 1. The van der Waals surface area contributed by atoms with Gasteiger partial charge in [0, 0.05) is 6.54 Å². The van der Waals surface area contributed by atoms with Gasteiger partial charge in [0.1, 0.15) is 0 Å². The molecule has 4 heteroatoms. The number of rotatable bonds is 4. The molecule has 4 nitrogen and oxygen atoms in total. The predicted molar refractivity (Wildman–Crippen MR) is 58.1 cm³/mol. The molecule has 0 bridgehead atoms. The minimum atomic E-state index is -0.686. The lowest BCUT2D eigenvalue weighted by atomic mass is 10.1. The van der Waals surface area contributed by atoms with Gasteiger partial charge in [-0.1, -0.05) is 30.3 Å². The highest BCUT2D eigenvalue weighted by atomic mass is 16.3. The van der Waals surface area contributed by atoms with Gasteiger partial charge in [0.2, 0.25) is 5.91 Å². The molecule has 4 N–H and O–H groups in total. The zero-order valence-corrected chi connectivity index (χ0v) is 8.68. The van der Waals surface area contributed by atoms with Crippen molar-refractivity contribution in [2.24, 2.45) is 5.73 Å². The molecule has 0 spiro atoms. The summed E-state index contributed by atoms with van der Waals surface area (Å²) in [7, 11) is 0. The summed E-state index contributed by atoms with van der Waals surface area (Å²) in [6.07, 6.45) is -0.686. The Labute approximate surface area is 89.1 Å². The maximum Gasteiger partial charge on any atom is 0.236 e. The minimum absolute atomic E-state index is 0.185. The van der Waals surface area contributed by atoms with E-state index in [-0.39, 0.29) is 12.5 Å². The molecule has 1 rings (SSSR count). The van der Waals surface area contributed by atoms with E-state index in [0.717, 1.165) is 5.56 Å². The Balaban J connectivity index is 2.44. The van der Waals surface area contributed by atoms with Crippen LogP contribution in [0.4, 0.5) is 0 Å². The van der Waals surface area contributed by atoms with Gasteiger partial charge in [0.05, 0.1) is 12.1 Å². The van der Waals surface area contributed by atoms with Crippen LogP contribution in [-0.4, -0.2) is 23.6 Å². The highest BCUT2D eigenvalue weighted by molar-refractivity contribution is 5.80. The van der Waals surface area contributed by atoms with Gasteiger partial charge in [-0.05, 0) is 12.5 Å². The molecule has 0 saturated carbocycles. The van der Waals surface area contributed by atoms with Crippen LogP contribution in [0.2, 0.25) is 0 Å². The van der Waals surface area contributed by atoms with Crippen molar-refractivity contribution in [3.05, 3.63) is 35.9 Å². The molecule has 1 unspecified atom stereocenters. The number of aliphatic hydroxyl groups is 1. The van der Waals surface area contributed by atoms with E-state index in [9.17, 15) is 9.90 Å². The van der Waals surface area contributed by atoms with E-state index in [0.29, 0.717) is 0 Å².